The molecule has 7 heteroatoms. The summed E-state index contributed by atoms with van der Waals surface area (Å²) in [4.78, 5) is 34.6. The first kappa shape index (κ1) is 17.5. The Balaban J connectivity index is 1.43. The molecule has 1 aromatic heterocycles. The molecule has 1 saturated heterocycles. The highest BCUT2D eigenvalue weighted by Crippen LogP contribution is 2.21. The van der Waals surface area contributed by atoms with Crippen molar-refractivity contribution in [2.24, 2.45) is 5.92 Å². The zero-order valence-corrected chi connectivity index (χ0v) is 15.4. The number of para-hydroxylation sites is 2. The smallest absolute Gasteiger partial charge is 0.253 e. The van der Waals surface area contributed by atoms with E-state index in [1.54, 1.807) is 29.2 Å². The number of likely N-dealkylation sites (tertiary alicyclic amines) is 1. The number of piperidine rings is 1. The molecule has 2 heterocycles. The van der Waals surface area contributed by atoms with Gasteiger partial charge in [0.05, 0.1) is 17.0 Å². The quantitative estimate of drug-likeness (QED) is 0.724. The van der Waals surface area contributed by atoms with Crippen LogP contribution in [0.3, 0.4) is 0 Å². The van der Waals surface area contributed by atoms with Crippen LogP contribution in [0.25, 0.3) is 11.0 Å². The third kappa shape index (κ3) is 3.80. The van der Waals surface area contributed by atoms with Crippen molar-refractivity contribution in [2.45, 2.75) is 12.8 Å². The molecule has 2 aromatic carbocycles. The molecule has 4 rings (SSSR count). The van der Waals surface area contributed by atoms with Crippen LogP contribution < -0.4 is 5.32 Å². The van der Waals surface area contributed by atoms with Gasteiger partial charge in [0.15, 0.2) is 0 Å². The lowest BCUT2D eigenvalue weighted by molar-refractivity contribution is -0.121. The minimum absolute atomic E-state index is 0.0760. The second-order valence-corrected chi connectivity index (χ2v) is 7.13. The van der Waals surface area contributed by atoms with Crippen molar-refractivity contribution >= 4 is 40.4 Å². The molecule has 1 unspecified atom stereocenters. The Labute approximate surface area is 161 Å². The molecule has 1 atom stereocenters. The maximum Gasteiger partial charge on any atom is 0.253 e. The van der Waals surface area contributed by atoms with Crippen LogP contribution in [-0.2, 0) is 4.79 Å². The van der Waals surface area contributed by atoms with Crippen LogP contribution in [0.1, 0.15) is 23.2 Å². The summed E-state index contributed by atoms with van der Waals surface area (Å²) in [6, 6.07) is 14.4. The van der Waals surface area contributed by atoms with Gasteiger partial charge in [-0.1, -0.05) is 23.7 Å². The van der Waals surface area contributed by atoms with Crippen molar-refractivity contribution in [1.29, 1.82) is 0 Å². The Bertz CT molecular complexity index is 950. The SMILES string of the molecule is O=C(Nc1nc2ccccc2[nH]1)C1CCCN(C(=O)c2ccc(Cl)cc2)C1. The van der Waals surface area contributed by atoms with Gasteiger partial charge in [0.1, 0.15) is 0 Å². The van der Waals surface area contributed by atoms with E-state index in [-0.39, 0.29) is 17.7 Å². The number of nitrogens with one attached hydrogen (secondary N) is 2. The molecular weight excluding hydrogens is 364 g/mol. The van der Waals surface area contributed by atoms with Crippen LogP contribution in [0.5, 0.6) is 0 Å². The number of hydrogen-bond acceptors (Lipinski definition) is 3. The number of rotatable bonds is 3. The van der Waals surface area contributed by atoms with Crippen molar-refractivity contribution in [3.8, 4) is 0 Å². The molecule has 6 nitrogen and oxygen atoms in total. The van der Waals surface area contributed by atoms with Crippen LogP contribution in [-0.4, -0.2) is 39.8 Å². The predicted octanol–water partition coefficient (Wildman–Crippen LogP) is 3.71. The number of benzene rings is 2. The molecule has 3 aromatic rings. The van der Waals surface area contributed by atoms with Gasteiger partial charge in [-0.15, -0.1) is 0 Å². The number of amides is 2. The molecule has 0 bridgehead atoms. The van der Waals surface area contributed by atoms with E-state index < -0.39 is 0 Å². The van der Waals surface area contributed by atoms with E-state index in [9.17, 15) is 9.59 Å². The Morgan fingerprint density at radius 2 is 1.93 bits per heavy atom. The summed E-state index contributed by atoms with van der Waals surface area (Å²) < 4.78 is 0. The van der Waals surface area contributed by atoms with Crippen molar-refractivity contribution in [3.05, 3.63) is 59.1 Å². The molecule has 0 aliphatic carbocycles. The molecule has 1 fully saturated rings. The third-order valence-electron chi connectivity index (χ3n) is 4.80. The molecule has 27 heavy (non-hydrogen) atoms. The zero-order chi connectivity index (χ0) is 18.8. The number of nitrogens with zero attached hydrogens (tertiary/aromatic N) is 2. The Morgan fingerprint density at radius 3 is 2.70 bits per heavy atom. The fourth-order valence-electron chi connectivity index (χ4n) is 3.38. The molecule has 0 spiro atoms. The van der Waals surface area contributed by atoms with Crippen molar-refractivity contribution in [2.75, 3.05) is 18.4 Å². The standard InChI is InChI=1S/C20H19ClN4O2/c21-15-9-7-13(8-10-15)19(27)25-11-3-4-14(12-25)18(26)24-20-22-16-5-1-2-6-17(16)23-20/h1-2,5-10,14H,3-4,11-12H2,(H2,22,23,24,26). The lowest BCUT2D eigenvalue weighted by Gasteiger charge is -2.32. The Kier molecular flexibility index (Phi) is 4.81. The van der Waals surface area contributed by atoms with Gasteiger partial charge in [-0.3, -0.25) is 14.9 Å². The van der Waals surface area contributed by atoms with Crippen LogP contribution in [0.4, 0.5) is 5.95 Å². The lowest BCUT2D eigenvalue weighted by Crippen LogP contribution is -2.43. The van der Waals surface area contributed by atoms with Crippen molar-refractivity contribution in [1.82, 2.24) is 14.9 Å². The fourth-order valence-corrected chi connectivity index (χ4v) is 3.51. The number of carbonyl (C=O) groups excluding carboxylic acids is 2. The summed E-state index contributed by atoms with van der Waals surface area (Å²) in [7, 11) is 0. The highest BCUT2D eigenvalue weighted by Gasteiger charge is 2.29. The number of anilines is 1. The van der Waals surface area contributed by atoms with Crippen LogP contribution in [0.15, 0.2) is 48.5 Å². The van der Waals surface area contributed by atoms with Gasteiger partial charge < -0.3 is 9.88 Å². The van der Waals surface area contributed by atoms with Crippen LogP contribution >= 0.6 is 11.6 Å². The number of fused-ring (bicyclic) bond motifs is 1. The number of aromatic nitrogens is 2. The number of H-pyrrole nitrogens is 1. The average molecular weight is 383 g/mol. The number of aromatic amines is 1. The summed E-state index contributed by atoms with van der Waals surface area (Å²) in [6.45, 7) is 1.05. The van der Waals surface area contributed by atoms with Gasteiger partial charge in [-0.25, -0.2) is 4.98 Å². The van der Waals surface area contributed by atoms with E-state index in [1.807, 2.05) is 24.3 Å². The predicted molar refractivity (Wildman–Crippen MR) is 105 cm³/mol. The minimum Gasteiger partial charge on any atom is -0.338 e. The third-order valence-corrected chi connectivity index (χ3v) is 5.05. The second kappa shape index (κ2) is 7.40. The number of halogens is 1. The minimum atomic E-state index is -0.261. The van der Waals surface area contributed by atoms with E-state index in [0.29, 0.717) is 29.6 Å². The van der Waals surface area contributed by atoms with Gasteiger partial charge >= 0.3 is 0 Å². The summed E-state index contributed by atoms with van der Waals surface area (Å²) in [5.74, 6) is -0.0267. The number of carbonyl (C=O) groups is 2. The second-order valence-electron chi connectivity index (χ2n) is 6.69. The fraction of sp³-hybridized carbons (Fsp3) is 0.250. The molecule has 1 aliphatic rings. The highest BCUT2D eigenvalue weighted by atomic mass is 35.5. The van der Waals surface area contributed by atoms with Crippen molar-refractivity contribution < 1.29 is 9.59 Å². The van der Waals surface area contributed by atoms with Crippen molar-refractivity contribution in [3.63, 3.8) is 0 Å². The van der Waals surface area contributed by atoms with Gasteiger partial charge in [-0.05, 0) is 49.2 Å². The molecule has 1 aliphatic heterocycles. The largest absolute Gasteiger partial charge is 0.338 e. The Morgan fingerprint density at radius 1 is 1.15 bits per heavy atom. The topological polar surface area (TPSA) is 78.1 Å². The summed E-state index contributed by atoms with van der Waals surface area (Å²) in [6.07, 6.45) is 1.54. The van der Waals surface area contributed by atoms with Crippen LogP contribution in [0, 0.1) is 5.92 Å². The first-order valence-electron chi connectivity index (χ1n) is 8.90. The van der Waals surface area contributed by atoms with Gasteiger partial charge in [0.2, 0.25) is 11.9 Å². The van der Waals surface area contributed by atoms with E-state index in [0.717, 1.165) is 23.9 Å². The molecule has 2 amide bonds. The number of imidazole rings is 1. The highest BCUT2D eigenvalue weighted by molar-refractivity contribution is 6.30. The average Bonchev–Trinajstić information content (AvgIpc) is 3.10. The Hall–Kier alpha value is -2.86. The maximum absolute atomic E-state index is 12.7. The van der Waals surface area contributed by atoms with E-state index >= 15 is 0 Å². The van der Waals surface area contributed by atoms with E-state index in [2.05, 4.69) is 15.3 Å². The first-order chi connectivity index (χ1) is 13.1. The maximum atomic E-state index is 12.7. The summed E-state index contributed by atoms with van der Waals surface area (Å²) in [5, 5.41) is 3.44. The van der Waals surface area contributed by atoms with Crippen LogP contribution in [0.2, 0.25) is 5.02 Å². The van der Waals surface area contributed by atoms with E-state index in [4.69, 9.17) is 11.6 Å². The molecule has 2 N–H and O–H groups in total. The number of hydrogen-bond donors (Lipinski definition) is 2. The van der Waals surface area contributed by atoms with Gasteiger partial charge in [0.25, 0.3) is 5.91 Å². The van der Waals surface area contributed by atoms with Gasteiger partial charge in [0, 0.05) is 23.7 Å². The summed E-state index contributed by atoms with van der Waals surface area (Å²) >= 11 is 5.89. The summed E-state index contributed by atoms with van der Waals surface area (Å²) in [5.41, 5.74) is 2.25. The molecular formula is C20H19ClN4O2. The molecule has 0 saturated carbocycles. The normalized spacial score (nSPS) is 17.1. The van der Waals surface area contributed by atoms with E-state index in [1.165, 1.54) is 0 Å². The first-order valence-corrected chi connectivity index (χ1v) is 9.28. The molecule has 138 valence electrons. The van der Waals surface area contributed by atoms with Gasteiger partial charge in [-0.2, -0.15) is 0 Å². The monoisotopic (exact) mass is 382 g/mol. The molecule has 0 radical (unpaired) electrons. The lowest BCUT2D eigenvalue weighted by atomic mass is 9.96. The zero-order valence-electron chi connectivity index (χ0n) is 14.6.